The number of hydrogen-bond donors (Lipinski definition) is 1. The van der Waals surface area contributed by atoms with E-state index in [0.717, 1.165) is 47.5 Å². The topological polar surface area (TPSA) is 66.8 Å². The fourth-order valence-electron chi connectivity index (χ4n) is 2.84. The van der Waals surface area contributed by atoms with Crippen molar-refractivity contribution in [3.8, 4) is 11.3 Å². The Morgan fingerprint density at radius 1 is 1.12 bits per heavy atom. The highest BCUT2D eigenvalue weighted by molar-refractivity contribution is 7.15. The molecule has 1 N–H and O–H groups in total. The molecule has 0 atom stereocenters. The van der Waals surface area contributed by atoms with Crippen LogP contribution < -0.4 is 10.2 Å². The third-order valence-corrected chi connectivity index (χ3v) is 5.51. The molecule has 0 saturated carbocycles. The monoisotopic (exact) mass is 352 g/mol. The van der Waals surface area contributed by atoms with Crippen LogP contribution in [-0.2, 0) is 0 Å². The van der Waals surface area contributed by atoms with Gasteiger partial charge in [0.05, 0.1) is 11.4 Å². The van der Waals surface area contributed by atoms with Gasteiger partial charge in [0.25, 0.3) is 0 Å². The molecule has 1 aliphatic rings. The average molecular weight is 352 g/mol. The van der Waals surface area contributed by atoms with Gasteiger partial charge < -0.3 is 10.2 Å². The number of rotatable bonds is 5. The van der Waals surface area contributed by atoms with E-state index in [-0.39, 0.29) is 0 Å². The predicted octanol–water partition coefficient (Wildman–Crippen LogP) is 3.16. The maximum Gasteiger partial charge on any atom is 0.183 e. The molecule has 1 fully saturated rings. The van der Waals surface area contributed by atoms with Crippen LogP contribution in [0.3, 0.4) is 0 Å². The molecule has 0 amide bonds. The van der Waals surface area contributed by atoms with Gasteiger partial charge in [-0.3, -0.25) is 4.98 Å². The summed E-state index contributed by atoms with van der Waals surface area (Å²) in [6, 6.07) is 7.94. The predicted molar refractivity (Wildman–Crippen MR) is 101 cm³/mol. The van der Waals surface area contributed by atoms with Crippen LogP contribution in [0.4, 0.5) is 10.9 Å². The van der Waals surface area contributed by atoms with Crippen LogP contribution in [0.1, 0.15) is 10.6 Å². The molecular weight excluding hydrogens is 332 g/mol. The summed E-state index contributed by atoms with van der Waals surface area (Å²) in [5.74, 6) is 1.56. The number of thiazole rings is 1. The molecule has 4 heterocycles. The van der Waals surface area contributed by atoms with Gasteiger partial charge in [-0.25, -0.2) is 4.98 Å². The Morgan fingerprint density at radius 2 is 1.92 bits per heavy atom. The Labute approximate surface area is 151 Å². The number of anilines is 2. The first-order valence-electron chi connectivity index (χ1n) is 8.36. The maximum absolute atomic E-state index is 4.52. The molecule has 25 heavy (non-hydrogen) atoms. The van der Waals surface area contributed by atoms with Crippen molar-refractivity contribution < 1.29 is 0 Å². The van der Waals surface area contributed by atoms with Gasteiger partial charge in [-0.05, 0) is 38.1 Å². The van der Waals surface area contributed by atoms with E-state index in [9.17, 15) is 0 Å². The minimum Gasteiger partial charge on any atom is -0.361 e. The average Bonchev–Trinajstić information content (AvgIpc) is 2.93. The molecule has 0 radical (unpaired) electrons. The zero-order chi connectivity index (χ0) is 17.2. The molecule has 3 aromatic heterocycles. The van der Waals surface area contributed by atoms with E-state index in [1.807, 2.05) is 24.3 Å². The van der Waals surface area contributed by atoms with Crippen molar-refractivity contribution >= 4 is 22.3 Å². The highest BCUT2D eigenvalue weighted by atomic mass is 32.1. The Bertz CT molecular complexity index is 820. The quantitative estimate of drug-likeness (QED) is 0.761. The summed E-state index contributed by atoms with van der Waals surface area (Å²) < 4.78 is 0. The zero-order valence-electron chi connectivity index (χ0n) is 14.3. The molecule has 7 heteroatoms. The van der Waals surface area contributed by atoms with Gasteiger partial charge in [-0.15, -0.1) is 21.5 Å². The van der Waals surface area contributed by atoms with Crippen LogP contribution in [0.5, 0.6) is 0 Å². The summed E-state index contributed by atoms with van der Waals surface area (Å²) >= 11 is 1.72. The molecule has 0 spiro atoms. The van der Waals surface area contributed by atoms with Gasteiger partial charge in [-0.1, -0.05) is 0 Å². The van der Waals surface area contributed by atoms with Crippen LogP contribution in [0.15, 0.2) is 36.7 Å². The van der Waals surface area contributed by atoms with Crippen molar-refractivity contribution in [3.63, 3.8) is 0 Å². The SMILES string of the molecule is Cc1nc(NCC2CN(c3ccc(-c4ccncc4)nn3)C2)sc1C. The molecule has 4 rings (SSSR count). The number of nitrogens with one attached hydrogen (secondary N) is 1. The number of pyridine rings is 1. The lowest BCUT2D eigenvalue weighted by molar-refractivity contribution is 0.425. The van der Waals surface area contributed by atoms with Crippen molar-refractivity contribution in [2.45, 2.75) is 13.8 Å². The summed E-state index contributed by atoms with van der Waals surface area (Å²) in [6.07, 6.45) is 3.53. The standard InChI is InChI=1S/C18H20N6S/c1-12-13(2)25-18(21-12)20-9-14-10-24(11-14)17-4-3-16(22-23-17)15-5-7-19-8-6-15/h3-8,14H,9-11H2,1-2H3,(H,20,21). The lowest BCUT2D eigenvalue weighted by Gasteiger charge is -2.39. The third kappa shape index (κ3) is 3.46. The summed E-state index contributed by atoms with van der Waals surface area (Å²) in [4.78, 5) is 12.1. The molecule has 0 bridgehead atoms. The van der Waals surface area contributed by atoms with E-state index >= 15 is 0 Å². The second-order valence-electron chi connectivity index (χ2n) is 6.33. The summed E-state index contributed by atoms with van der Waals surface area (Å²) in [7, 11) is 0. The van der Waals surface area contributed by atoms with E-state index in [2.05, 4.69) is 44.2 Å². The lowest BCUT2D eigenvalue weighted by atomic mass is 10.0. The van der Waals surface area contributed by atoms with Crippen molar-refractivity contribution in [2.24, 2.45) is 5.92 Å². The Balaban J connectivity index is 1.30. The number of aryl methyl sites for hydroxylation is 2. The molecule has 1 aliphatic heterocycles. The molecule has 6 nitrogen and oxygen atoms in total. The van der Waals surface area contributed by atoms with E-state index < -0.39 is 0 Å². The largest absolute Gasteiger partial charge is 0.361 e. The number of nitrogens with zero attached hydrogens (tertiary/aromatic N) is 5. The molecule has 3 aromatic rings. The summed E-state index contributed by atoms with van der Waals surface area (Å²) in [5.41, 5.74) is 3.03. The lowest BCUT2D eigenvalue weighted by Crippen LogP contribution is -2.50. The summed E-state index contributed by atoms with van der Waals surface area (Å²) in [5, 5.41) is 13.2. The van der Waals surface area contributed by atoms with Crippen molar-refractivity contribution in [1.82, 2.24) is 20.2 Å². The van der Waals surface area contributed by atoms with E-state index in [1.54, 1.807) is 23.7 Å². The number of aromatic nitrogens is 4. The molecule has 0 aromatic carbocycles. The van der Waals surface area contributed by atoms with Crippen LogP contribution >= 0.6 is 11.3 Å². The van der Waals surface area contributed by atoms with Gasteiger partial charge in [0.15, 0.2) is 10.9 Å². The second-order valence-corrected chi connectivity index (χ2v) is 7.53. The van der Waals surface area contributed by atoms with E-state index in [4.69, 9.17) is 0 Å². The van der Waals surface area contributed by atoms with Crippen LogP contribution in [0.2, 0.25) is 0 Å². The van der Waals surface area contributed by atoms with Crippen molar-refractivity contribution in [3.05, 3.63) is 47.2 Å². The third-order valence-electron chi connectivity index (χ3n) is 4.48. The fourth-order valence-corrected chi connectivity index (χ4v) is 3.66. The maximum atomic E-state index is 4.52. The zero-order valence-corrected chi connectivity index (χ0v) is 15.1. The van der Waals surface area contributed by atoms with Crippen LogP contribution in [0, 0.1) is 19.8 Å². The van der Waals surface area contributed by atoms with Crippen LogP contribution in [-0.4, -0.2) is 39.8 Å². The van der Waals surface area contributed by atoms with Gasteiger partial charge >= 0.3 is 0 Å². The van der Waals surface area contributed by atoms with Crippen molar-refractivity contribution in [1.29, 1.82) is 0 Å². The van der Waals surface area contributed by atoms with E-state index in [0.29, 0.717) is 5.92 Å². The fraction of sp³-hybridized carbons (Fsp3) is 0.333. The van der Waals surface area contributed by atoms with Crippen molar-refractivity contribution in [2.75, 3.05) is 29.9 Å². The van der Waals surface area contributed by atoms with Gasteiger partial charge in [0.1, 0.15) is 0 Å². The first-order valence-corrected chi connectivity index (χ1v) is 9.17. The number of hydrogen-bond acceptors (Lipinski definition) is 7. The molecular formula is C18H20N6S. The minimum atomic E-state index is 0.617. The molecule has 128 valence electrons. The highest BCUT2D eigenvalue weighted by Crippen LogP contribution is 2.26. The smallest absolute Gasteiger partial charge is 0.183 e. The van der Waals surface area contributed by atoms with E-state index in [1.165, 1.54) is 4.88 Å². The van der Waals surface area contributed by atoms with Gasteiger partial charge in [0, 0.05) is 48.4 Å². The minimum absolute atomic E-state index is 0.617. The molecule has 0 unspecified atom stereocenters. The Hall–Kier alpha value is -2.54. The van der Waals surface area contributed by atoms with Crippen LogP contribution in [0.25, 0.3) is 11.3 Å². The van der Waals surface area contributed by atoms with Gasteiger partial charge in [-0.2, -0.15) is 0 Å². The first kappa shape index (κ1) is 16.0. The normalized spacial score (nSPS) is 14.4. The Morgan fingerprint density at radius 3 is 2.56 bits per heavy atom. The highest BCUT2D eigenvalue weighted by Gasteiger charge is 2.28. The molecule has 1 saturated heterocycles. The first-order chi connectivity index (χ1) is 12.2. The second kappa shape index (κ2) is 6.76. The Kier molecular flexibility index (Phi) is 4.31. The summed E-state index contributed by atoms with van der Waals surface area (Å²) in [6.45, 7) is 7.11. The van der Waals surface area contributed by atoms with Gasteiger partial charge in [0.2, 0.25) is 0 Å². The molecule has 0 aliphatic carbocycles.